The van der Waals surface area contributed by atoms with Gasteiger partial charge in [0.15, 0.2) is 0 Å². The molecule has 1 aromatic carbocycles. The van der Waals surface area contributed by atoms with Gasteiger partial charge in [0.1, 0.15) is 5.82 Å². The van der Waals surface area contributed by atoms with E-state index in [2.05, 4.69) is 4.90 Å². The minimum absolute atomic E-state index is 0.276. The van der Waals surface area contributed by atoms with Crippen LogP contribution in [0.15, 0.2) is 18.2 Å². The molecule has 0 fully saturated rings. The van der Waals surface area contributed by atoms with Crippen LogP contribution in [0.2, 0.25) is 5.02 Å². The van der Waals surface area contributed by atoms with Gasteiger partial charge in [-0.3, -0.25) is 0 Å². The van der Waals surface area contributed by atoms with Gasteiger partial charge in [0.2, 0.25) is 0 Å². The number of benzene rings is 1. The van der Waals surface area contributed by atoms with Gasteiger partial charge in [0, 0.05) is 23.1 Å². The monoisotopic (exact) mass is 247 g/mol. The van der Waals surface area contributed by atoms with E-state index in [-0.39, 0.29) is 5.82 Å². The summed E-state index contributed by atoms with van der Waals surface area (Å²) in [4.78, 5) is 2.14. The van der Waals surface area contributed by atoms with E-state index in [9.17, 15) is 4.39 Å². The summed E-state index contributed by atoms with van der Waals surface area (Å²) in [5.41, 5.74) is 1.00. The summed E-state index contributed by atoms with van der Waals surface area (Å²) < 4.78 is 12.7. The maximum absolute atomic E-state index is 12.7. The minimum atomic E-state index is -0.276. The first-order chi connectivity index (χ1) is 7.09. The SMILES string of the molecule is CN(C)CCSCc1ccc(F)cc1Cl. The molecule has 1 nitrogen and oxygen atoms in total. The normalized spacial score (nSPS) is 11.0. The predicted octanol–water partition coefficient (Wildman–Crippen LogP) is 3.27. The minimum Gasteiger partial charge on any atom is -0.309 e. The highest BCUT2D eigenvalue weighted by Crippen LogP contribution is 2.21. The molecule has 15 heavy (non-hydrogen) atoms. The van der Waals surface area contributed by atoms with Crippen LogP contribution in [0.3, 0.4) is 0 Å². The number of rotatable bonds is 5. The molecule has 0 bridgehead atoms. The van der Waals surface area contributed by atoms with Gasteiger partial charge in [-0.1, -0.05) is 17.7 Å². The zero-order chi connectivity index (χ0) is 11.3. The average Bonchev–Trinajstić information content (AvgIpc) is 2.14. The molecule has 0 unspecified atom stereocenters. The van der Waals surface area contributed by atoms with Crippen molar-refractivity contribution < 1.29 is 4.39 Å². The average molecular weight is 248 g/mol. The topological polar surface area (TPSA) is 3.24 Å². The van der Waals surface area contributed by atoms with Gasteiger partial charge >= 0.3 is 0 Å². The second-order valence-corrected chi connectivity index (χ2v) is 5.10. The molecule has 0 spiro atoms. The van der Waals surface area contributed by atoms with E-state index in [4.69, 9.17) is 11.6 Å². The van der Waals surface area contributed by atoms with E-state index in [1.165, 1.54) is 12.1 Å². The molecule has 84 valence electrons. The molecule has 0 aliphatic carbocycles. The Hall–Kier alpha value is -0.250. The van der Waals surface area contributed by atoms with Crippen LogP contribution in [0.25, 0.3) is 0 Å². The Morgan fingerprint density at radius 2 is 2.13 bits per heavy atom. The molecule has 0 aromatic heterocycles. The highest BCUT2D eigenvalue weighted by Gasteiger charge is 2.02. The van der Waals surface area contributed by atoms with E-state index in [1.54, 1.807) is 17.8 Å². The second kappa shape index (κ2) is 6.36. The van der Waals surface area contributed by atoms with Crippen LogP contribution in [0.4, 0.5) is 4.39 Å². The summed E-state index contributed by atoms with van der Waals surface area (Å²) in [6.07, 6.45) is 0. The van der Waals surface area contributed by atoms with Crippen molar-refractivity contribution >= 4 is 23.4 Å². The molecular formula is C11H15ClFNS. The molecule has 1 aromatic rings. The molecule has 0 atom stereocenters. The van der Waals surface area contributed by atoms with Crippen molar-refractivity contribution in [3.8, 4) is 0 Å². The Balaban J connectivity index is 2.37. The molecular weight excluding hydrogens is 233 g/mol. The third-order valence-corrected chi connectivity index (χ3v) is 3.29. The molecule has 1 rings (SSSR count). The van der Waals surface area contributed by atoms with Crippen LogP contribution in [0, 0.1) is 5.82 Å². The van der Waals surface area contributed by atoms with Gasteiger partial charge in [0.05, 0.1) is 0 Å². The van der Waals surface area contributed by atoms with E-state index >= 15 is 0 Å². The van der Waals surface area contributed by atoms with Crippen LogP contribution in [-0.2, 0) is 5.75 Å². The summed E-state index contributed by atoms with van der Waals surface area (Å²) in [5.74, 6) is 1.62. The van der Waals surface area contributed by atoms with Gasteiger partial charge in [-0.05, 0) is 31.8 Å². The zero-order valence-electron chi connectivity index (χ0n) is 8.96. The van der Waals surface area contributed by atoms with E-state index < -0.39 is 0 Å². The first-order valence-corrected chi connectivity index (χ1v) is 6.29. The lowest BCUT2D eigenvalue weighted by atomic mass is 10.2. The van der Waals surface area contributed by atoms with Crippen LogP contribution in [0.5, 0.6) is 0 Å². The van der Waals surface area contributed by atoms with Crippen LogP contribution < -0.4 is 0 Å². The maximum atomic E-state index is 12.7. The van der Waals surface area contributed by atoms with Gasteiger partial charge < -0.3 is 4.90 Å². The van der Waals surface area contributed by atoms with Crippen molar-refractivity contribution in [2.45, 2.75) is 5.75 Å². The first-order valence-electron chi connectivity index (χ1n) is 4.76. The lowest BCUT2D eigenvalue weighted by Crippen LogP contribution is -2.14. The Morgan fingerprint density at radius 1 is 1.40 bits per heavy atom. The van der Waals surface area contributed by atoms with Crippen LogP contribution >= 0.6 is 23.4 Å². The van der Waals surface area contributed by atoms with E-state index in [1.807, 2.05) is 14.1 Å². The fourth-order valence-electron chi connectivity index (χ4n) is 1.07. The van der Waals surface area contributed by atoms with Crippen molar-refractivity contribution in [3.63, 3.8) is 0 Å². The Labute approximate surface area is 99.6 Å². The number of hydrogen-bond acceptors (Lipinski definition) is 2. The summed E-state index contributed by atoms with van der Waals surface area (Å²) >= 11 is 7.71. The largest absolute Gasteiger partial charge is 0.309 e. The lowest BCUT2D eigenvalue weighted by molar-refractivity contribution is 0.437. The highest BCUT2D eigenvalue weighted by atomic mass is 35.5. The zero-order valence-corrected chi connectivity index (χ0v) is 10.5. The molecule has 0 radical (unpaired) electrons. The molecule has 0 amide bonds. The van der Waals surface area contributed by atoms with Crippen molar-refractivity contribution in [3.05, 3.63) is 34.6 Å². The molecule has 0 heterocycles. The second-order valence-electron chi connectivity index (χ2n) is 3.59. The number of halogens is 2. The van der Waals surface area contributed by atoms with Crippen molar-refractivity contribution in [1.29, 1.82) is 0 Å². The standard InChI is InChI=1S/C11H15ClFNS/c1-14(2)5-6-15-8-9-3-4-10(13)7-11(9)12/h3-4,7H,5-6,8H2,1-2H3. The molecule has 0 aliphatic rings. The quantitative estimate of drug-likeness (QED) is 0.735. The Bertz CT molecular complexity index is 317. The van der Waals surface area contributed by atoms with Crippen molar-refractivity contribution in [1.82, 2.24) is 4.90 Å². The summed E-state index contributed by atoms with van der Waals surface area (Å²) in [6, 6.07) is 4.57. The maximum Gasteiger partial charge on any atom is 0.124 e. The molecule has 0 N–H and O–H groups in total. The summed E-state index contributed by atoms with van der Waals surface area (Å²) in [6.45, 7) is 1.05. The third kappa shape index (κ3) is 4.87. The van der Waals surface area contributed by atoms with Gasteiger partial charge in [-0.2, -0.15) is 11.8 Å². The van der Waals surface area contributed by atoms with Gasteiger partial charge in [0.25, 0.3) is 0 Å². The van der Waals surface area contributed by atoms with Gasteiger partial charge in [-0.25, -0.2) is 4.39 Å². The van der Waals surface area contributed by atoms with Crippen LogP contribution in [-0.4, -0.2) is 31.3 Å². The summed E-state index contributed by atoms with van der Waals surface area (Å²) in [7, 11) is 4.09. The molecule has 0 saturated heterocycles. The highest BCUT2D eigenvalue weighted by molar-refractivity contribution is 7.98. The third-order valence-electron chi connectivity index (χ3n) is 1.96. The van der Waals surface area contributed by atoms with Crippen molar-refractivity contribution in [2.75, 3.05) is 26.4 Å². The Morgan fingerprint density at radius 3 is 2.73 bits per heavy atom. The predicted molar refractivity (Wildman–Crippen MR) is 66.1 cm³/mol. The lowest BCUT2D eigenvalue weighted by Gasteiger charge is -2.09. The first kappa shape index (κ1) is 12.8. The summed E-state index contributed by atoms with van der Waals surface area (Å²) in [5, 5.41) is 0.521. The van der Waals surface area contributed by atoms with Crippen LogP contribution in [0.1, 0.15) is 5.56 Å². The molecule has 0 saturated carbocycles. The van der Waals surface area contributed by atoms with Crippen molar-refractivity contribution in [2.24, 2.45) is 0 Å². The smallest absolute Gasteiger partial charge is 0.124 e. The fourth-order valence-corrected chi connectivity index (χ4v) is 2.49. The molecule has 0 aliphatic heterocycles. The van der Waals surface area contributed by atoms with E-state index in [0.29, 0.717) is 5.02 Å². The number of nitrogens with zero attached hydrogens (tertiary/aromatic N) is 1. The van der Waals surface area contributed by atoms with E-state index in [0.717, 1.165) is 23.6 Å². The number of hydrogen-bond donors (Lipinski definition) is 0. The number of thioether (sulfide) groups is 1. The van der Waals surface area contributed by atoms with Gasteiger partial charge in [-0.15, -0.1) is 0 Å². The Kier molecular flexibility index (Phi) is 5.43. The fraction of sp³-hybridized carbons (Fsp3) is 0.455. The molecule has 4 heteroatoms.